The number of phenols is 1. The number of halogens is 1. The van der Waals surface area contributed by atoms with Crippen LogP contribution in [0.25, 0.3) is 11.0 Å². The molecule has 1 amide bonds. The number of hydrogen-bond donors (Lipinski definition) is 5. The largest absolute Gasteiger partial charge is 0.504 e. The van der Waals surface area contributed by atoms with Crippen LogP contribution in [0.2, 0.25) is 5.02 Å². The molecular weight excluding hydrogens is 430 g/mol. The first kappa shape index (κ1) is 21.6. The topological polar surface area (TPSA) is 182 Å². The van der Waals surface area contributed by atoms with E-state index >= 15 is 0 Å². The molecule has 28 heavy (non-hydrogen) atoms. The molecule has 0 fully saturated rings. The van der Waals surface area contributed by atoms with Crippen molar-refractivity contribution in [3.05, 3.63) is 29.3 Å². The Bertz CT molecular complexity index is 1130. The van der Waals surface area contributed by atoms with Crippen molar-refractivity contribution in [2.45, 2.75) is 18.2 Å². The maximum absolute atomic E-state index is 11.0. The van der Waals surface area contributed by atoms with Crippen LogP contribution in [0.5, 0.6) is 5.75 Å². The molecule has 7 N–H and O–H groups in total. The average Bonchev–Trinajstić information content (AvgIpc) is 3.09. The van der Waals surface area contributed by atoms with Gasteiger partial charge in [0.25, 0.3) is 10.1 Å². The molecule has 3 rings (SSSR count). The van der Waals surface area contributed by atoms with Crippen molar-refractivity contribution in [3.63, 3.8) is 0 Å². The number of hydrogen-bond acceptors (Lipinski definition) is 9. The Morgan fingerprint density at radius 3 is 2.50 bits per heavy atom. The number of rotatable bonds is 3. The third-order valence-electron chi connectivity index (χ3n) is 3.37. The average molecular weight is 446 g/mol. The smallest absolute Gasteiger partial charge is 0.296 e. The zero-order chi connectivity index (χ0) is 21.1. The number of phenolic OH excluding ortho intramolecular Hbond substituents is 1. The molecule has 0 radical (unpaired) electrons. The number of carbonyl (C=O) groups excluding carboxylic acids is 1. The van der Waals surface area contributed by atoms with Gasteiger partial charge in [0, 0.05) is 12.1 Å². The molecule has 10 nitrogen and oxygen atoms in total. The molecule has 3 aromatic rings. The number of nitrogens with one attached hydrogen (secondary N) is 1. The second-order valence-electron chi connectivity index (χ2n) is 5.39. The highest BCUT2D eigenvalue weighted by Crippen LogP contribution is 2.34. The summed E-state index contributed by atoms with van der Waals surface area (Å²) in [7, 11) is -4.27. The third kappa shape index (κ3) is 4.98. The molecule has 13 heteroatoms. The van der Waals surface area contributed by atoms with Gasteiger partial charge in [0.2, 0.25) is 5.91 Å². The van der Waals surface area contributed by atoms with Crippen molar-refractivity contribution in [3.8, 4) is 5.75 Å². The van der Waals surface area contributed by atoms with Crippen molar-refractivity contribution >= 4 is 67.4 Å². The normalized spacial score (nSPS) is 11.0. The molecule has 0 aliphatic heterocycles. The van der Waals surface area contributed by atoms with Gasteiger partial charge >= 0.3 is 0 Å². The second kappa shape index (κ2) is 8.56. The van der Waals surface area contributed by atoms with Crippen molar-refractivity contribution in [2.75, 3.05) is 16.8 Å². The zero-order valence-corrected chi connectivity index (χ0v) is 16.8. The van der Waals surface area contributed by atoms with Gasteiger partial charge in [-0.2, -0.15) is 17.2 Å². The summed E-state index contributed by atoms with van der Waals surface area (Å²) in [6.07, 6.45) is 0.325. The fourth-order valence-electron chi connectivity index (χ4n) is 2.03. The van der Waals surface area contributed by atoms with E-state index in [1.807, 2.05) is 0 Å². The Hall–Kier alpha value is -2.67. The summed E-state index contributed by atoms with van der Waals surface area (Å²) in [6.45, 7) is 1.71. The highest BCUT2D eigenvalue weighted by molar-refractivity contribution is 7.86. The molecule has 2 aromatic carbocycles. The molecule has 0 saturated heterocycles. The number of carbonyl (C=O) groups is 1. The molecule has 0 saturated carbocycles. The van der Waals surface area contributed by atoms with E-state index in [2.05, 4.69) is 14.1 Å². The maximum atomic E-state index is 11.0. The SMILES string of the molecule is CCC(=O)Nc1cc(N)cc(Cl)c1O.Nc1ccc(S(=O)(=O)O)c2nsnc12. The Kier molecular flexibility index (Phi) is 6.61. The molecule has 0 bridgehead atoms. The molecule has 0 unspecified atom stereocenters. The molecule has 0 aliphatic rings. The van der Waals surface area contributed by atoms with Gasteiger partial charge in [-0.15, -0.1) is 0 Å². The van der Waals surface area contributed by atoms with E-state index in [0.29, 0.717) is 23.3 Å². The van der Waals surface area contributed by atoms with E-state index in [1.165, 1.54) is 24.3 Å². The minimum atomic E-state index is -4.27. The number of amides is 1. The zero-order valence-electron chi connectivity index (χ0n) is 14.4. The first-order valence-electron chi connectivity index (χ1n) is 7.60. The predicted molar refractivity (Wildman–Crippen MR) is 108 cm³/mol. The minimum Gasteiger partial charge on any atom is -0.504 e. The maximum Gasteiger partial charge on any atom is 0.296 e. The van der Waals surface area contributed by atoms with Crippen LogP contribution >= 0.6 is 23.3 Å². The van der Waals surface area contributed by atoms with Gasteiger partial charge in [0.15, 0.2) is 5.75 Å². The Balaban J connectivity index is 0.000000200. The van der Waals surface area contributed by atoms with Crippen molar-refractivity contribution in [1.82, 2.24) is 8.75 Å². The molecule has 1 aromatic heterocycles. The molecule has 1 heterocycles. The van der Waals surface area contributed by atoms with Gasteiger partial charge in [-0.3, -0.25) is 9.35 Å². The van der Waals surface area contributed by atoms with Crippen LogP contribution < -0.4 is 16.8 Å². The van der Waals surface area contributed by atoms with Crippen LogP contribution in [0.15, 0.2) is 29.2 Å². The van der Waals surface area contributed by atoms with E-state index in [4.69, 9.17) is 27.6 Å². The van der Waals surface area contributed by atoms with Crippen molar-refractivity contribution in [1.29, 1.82) is 0 Å². The third-order valence-corrected chi connectivity index (χ3v) is 5.07. The number of anilines is 3. The first-order chi connectivity index (χ1) is 13.0. The monoisotopic (exact) mass is 445 g/mol. The molecule has 150 valence electrons. The number of fused-ring (bicyclic) bond motifs is 1. The van der Waals surface area contributed by atoms with Gasteiger partial charge in [0.1, 0.15) is 15.9 Å². The summed E-state index contributed by atoms with van der Waals surface area (Å²) in [4.78, 5) is 10.8. The van der Waals surface area contributed by atoms with Gasteiger partial charge in [-0.1, -0.05) is 18.5 Å². The fourth-order valence-corrected chi connectivity index (χ4v) is 3.52. The van der Waals surface area contributed by atoms with Crippen LogP contribution in [0, 0.1) is 0 Å². The number of nitrogens with two attached hydrogens (primary N) is 2. The summed E-state index contributed by atoms with van der Waals surface area (Å²) in [5, 5.41) is 12.1. The summed E-state index contributed by atoms with van der Waals surface area (Å²) >= 11 is 6.51. The van der Waals surface area contributed by atoms with Gasteiger partial charge in [0.05, 0.1) is 28.1 Å². The number of aromatic hydroxyl groups is 1. The molecule has 0 aliphatic carbocycles. The van der Waals surface area contributed by atoms with Crippen molar-refractivity contribution < 1.29 is 22.9 Å². The van der Waals surface area contributed by atoms with Gasteiger partial charge in [-0.25, -0.2) is 0 Å². The van der Waals surface area contributed by atoms with E-state index in [0.717, 1.165) is 11.7 Å². The fraction of sp³-hybridized carbons (Fsp3) is 0.133. The van der Waals surface area contributed by atoms with E-state index in [-0.39, 0.29) is 32.8 Å². The number of aromatic nitrogens is 2. The number of benzene rings is 2. The van der Waals surface area contributed by atoms with Crippen LogP contribution in [0.1, 0.15) is 13.3 Å². The number of nitrogens with zero attached hydrogens (tertiary/aromatic N) is 2. The predicted octanol–water partition coefficient (Wildman–Crippen LogP) is 2.50. The van der Waals surface area contributed by atoms with Crippen LogP contribution in [-0.4, -0.2) is 32.7 Å². The summed E-state index contributed by atoms with van der Waals surface area (Å²) in [5.74, 6) is -0.371. The summed E-state index contributed by atoms with van der Waals surface area (Å²) < 4.78 is 38.3. The molecule has 0 atom stereocenters. The lowest BCUT2D eigenvalue weighted by Gasteiger charge is -2.08. The van der Waals surface area contributed by atoms with Crippen LogP contribution in [0.3, 0.4) is 0 Å². The number of nitrogen functional groups attached to an aromatic ring is 2. The summed E-state index contributed by atoms with van der Waals surface area (Å²) in [6, 6.07) is 5.44. The van der Waals surface area contributed by atoms with Crippen LogP contribution in [-0.2, 0) is 14.9 Å². The van der Waals surface area contributed by atoms with Gasteiger partial charge in [-0.05, 0) is 24.3 Å². The lowest BCUT2D eigenvalue weighted by atomic mass is 10.2. The van der Waals surface area contributed by atoms with E-state index < -0.39 is 10.1 Å². The highest BCUT2D eigenvalue weighted by Gasteiger charge is 2.17. The Labute approximate surface area is 169 Å². The van der Waals surface area contributed by atoms with Crippen molar-refractivity contribution in [2.24, 2.45) is 0 Å². The Morgan fingerprint density at radius 2 is 1.89 bits per heavy atom. The quantitative estimate of drug-likeness (QED) is 0.175. The lowest BCUT2D eigenvalue weighted by molar-refractivity contribution is -0.115. The van der Waals surface area contributed by atoms with Crippen LogP contribution in [0.4, 0.5) is 17.1 Å². The summed E-state index contributed by atoms with van der Waals surface area (Å²) in [5.41, 5.74) is 12.4. The van der Waals surface area contributed by atoms with Gasteiger partial charge < -0.3 is 21.9 Å². The molecule has 0 spiro atoms. The lowest BCUT2D eigenvalue weighted by Crippen LogP contribution is -2.09. The first-order valence-corrected chi connectivity index (χ1v) is 10.2. The van der Waals surface area contributed by atoms with E-state index in [1.54, 1.807) is 6.92 Å². The standard InChI is InChI=1S/C9H11ClN2O2.C6H5N3O3S2/c1-2-8(13)12-7-4-5(11)3-6(10)9(7)14;7-3-1-2-4(14(10,11)12)6-5(3)8-13-9-6/h3-4,14H,2,11H2,1H3,(H,12,13);1-2H,7H2,(H,10,11,12). The van der Waals surface area contributed by atoms with E-state index in [9.17, 15) is 18.3 Å². The highest BCUT2D eigenvalue weighted by atomic mass is 35.5. The second-order valence-corrected chi connectivity index (χ2v) is 7.72. The minimum absolute atomic E-state index is 0.109. The molecular formula is C15H16ClN5O5S2. The Morgan fingerprint density at radius 1 is 1.25 bits per heavy atom.